The van der Waals surface area contributed by atoms with Crippen LogP contribution in [-0.2, 0) is 14.3 Å². The molecule has 0 aromatic heterocycles. The maximum absolute atomic E-state index is 11.4. The molecule has 16 heavy (non-hydrogen) atoms. The summed E-state index contributed by atoms with van der Waals surface area (Å²) in [5.41, 5.74) is 4.20. The molecule has 0 aromatic carbocycles. The first-order valence-corrected chi connectivity index (χ1v) is 5.70. The molecule has 0 heterocycles. The van der Waals surface area contributed by atoms with Crippen molar-refractivity contribution in [2.75, 3.05) is 6.61 Å². The van der Waals surface area contributed by atoms with Gasteiger partial charge < -0.3 is 4.74 Å². The molecule has 0 unspecified atom stereocenters. The van der Waals surface area contributed by atoms with Gasteiger partial charge in [0.1, 0.15) is 12.2 Å². The summed E-state index contributed by atoms with van der Waals surface area (Å²) in [6, 6.07) is 0. The van der Waals surface area contributed by atoms with Crippen LogP contribution < -0.4 is 0 Å². The van der Waals surface area contributed by atoms with Crippen molar-refractivity contribution in [1.82, 2.24) is 0 Å². The van der Waals surface area contributed by atoms with E-state index in [1.165, 1.54) is 0 Å². The number of Topliss-reactive ketones (excluding diaryl/α,β-unsaturated/α-hetero) is 1. The molecule has 0 radical (unpaired) electrons. The average molecular weight is 224 g/mol. The predicted molar refractivity (Wildman–Crippen MR) is 63.1 cm³/mol. The molecule has 3 nitrogen and oxygen atoms in total. The molecule has 0 N–H and O–H groups in total. The van der Waals surface area contributed by atoms with Crippen molar-refractivity contribution in [1.29, 1.82) is 0 Å². The number of rotatable bonds is 7. The number of hydrogen-bond acceptors (Lipinski definition) is 3. The Hall–Kier alpha value is -1.34. The number of carbonyl (C=O) groups is 2. The van der Waals surface area contributed by atoms with Gasteiger partial charge in [-0.3, -0.25) is 9.59 Å². The van der Waals surface area contributed by atoms with Crippen LogP contribution in [0.15, 0.2) is 17.4 Å². The van der Waals surface area contributed by atoms with Gasteiger partial charge >= 0.3 is 5.97 Å². The molecule has 0 rings (SSSR count). The smallest absolute Gasteiger partial charge is 0.313 e. The van der Waals surface area contributed by atoms with Gasteiger partial charge in [-0.05, 0) is 38.3 Å². The number of carbonyl (C=O) groups excluding carboxylic acids is 2. The Morgan fingerprint density at radius 3 is 2.44 bits per heavy atom. The van der Waals surface area contributed by atoms with Crippen molar-refractivity contribution in [3.05, 3.63) is 17.4 Å². The van der Waals surface area contributed by atoms with Crippen LogP contribution in [0.25, 0.3) is 0 Å². The van der Waals surface area contributed by atoms with Crippen LogP contribution in [0, 0.1) is 0 Å². The highest BCUT2D eigenvalue weighted by molar-refractivity contribution is 5.95. The lowest BCUT2D eigenvalue weighted by atomic mass is 10.1. The van der Waals surface area contributed by atoms with E-state index in [0.717, 1.165) is 12.0 Å². The van der Waals surface area contributed by atoms with E-state index in [1.54, 1.807) is 6.92 Å². The highest BCUT2D eigenvalue weighted by Crippen LogP contribution is 2.09. The number of hydrogen-bond donors (Lipinski definition) is 0. The van der Waals surface area contributed by atoms with E-state index in [4.69, 9.17) is 4.74 Å². The van der Waals surface area contributed by atoms with E-state index in [0.29, 0.717) is 19.4 Å². The van der Waals surface area contributed by atoms with Gasteiger partial charge in [0.05, 0.1) is 6.61 Å². The molecule has 0 saturated carbocycles. The summed E-state index contributed by atoms with van der Waals surface area (Å²) < 4.78 is 4.70. The predicted octanol–water partition coefficient (Wildman–Crippen LogP) is 2.80. The lowest BCUT2D eigenvalue weighted by molar-refractivity contribution is -0.145. The van der Waals surface area contributed by atoms with Crippen molar-refractivity contribution in [3.8, 4) is 0 Å². The summed E-state index contributed by atoms with van der Waals surface area (Å²) in [5.74, 6) is -0.497. The maximum atomic E-state index is 11.4. The molecule has 0 saturated heterocycles. The van der Waals surface area contributed by atoms with Crippen LogP contribution >= 0.6 is 0 Å². The second-order valence-electron chi connectivity index (χ2n) is 3.41. The van der Waals surface area contributed by atoms with E-state index in [2.05, 4.69) is 5.73 Å². The lowest BCUT2D eigenvalue weighted by Gasteiger charge is -2.02. The lowest BCUT2D eigenvalue weighted by Crippen LogP contribution is -2.11. The van der Waals surface area contributed by atoms with Crippen molar-refractivity contribution in [3.63, 3.8) is 0 Å². The summed E-state index contributed by atoms with van der Waals surface area (Å²) in [5, 5.41) is 0. The van der Waals surface area contributed by atoms with Crippen molar-refractivity contribution in [2.24, 2.45) is 0 Å². The van der Waals surface area contributed by atoms with Crippen LogP contribution in [0.2, 0.25) is 0 Å². The number of ether oxygens (including phenoxy) is 1. The van der Waals surface area contributed by atoms with Gasteiger partial charge in [0.15, 0.2) is 0 Å². The standard InChI is InChI=1S/C13H20O3/c1-4-7-11(5-2)8-9-12(14)10-13(15)16-6-3/h4H,5-6,8-10H2,1-3H3. The molecule has 0 atom stereocenters. The van der Waals surface area contributed by atoms with Crippen molar-refractivity contribution in [2.45, 2.75) is 46.5 Å². The van der Waals surface area contributed by atoms with Gasteiger partial charge in [0, 0.05) is 6.42 Å². The van der Waals surface area contributed by atoms with Gasteiger partial charge in [0.25, 0.3) is 0 Å². The first kappa shape index (κ1) is 14.7. The number of allylic oxidation sites excluding steroid dienone is 1. The third kappa shape index (κ3) is 7.02. The third-order valence-corrected chi connectivity index (χ3v) is 2.13. The first-order chi connectivity index (χ1) is 7.63. The van der Waals surface area contributed by atoms with Crippen molar-refractivity contribution < 1.29 is 14.3 Å². The van der Waals surface area contributed by atoms with Crippen molar-refractivity contribution >= 4 is 11.8 Å². The molecule has 0 spiro atoms. The molecule has 0 fully saturated rings. The zero-order valence-corrected chi connectivity index (χ0v) is 10.3. The SMILES string of the molecule is CC=C=C(CC)CCC(=O)CC(=O)OCC. The second-order valence-corrected chi connectivity index (χ2v) is 3.41. The molecule has 0 bridgehead atoms. The monoisotopic (exact) mass is 224 g/mol. The van der Waals surface area contributed by atoms with E-state index in [-0.39, 0.29) is 12.2 Å². The zero-order valence-electron chi connectivity index (χ0n) is 10.3. The van der Waals surface area contributed by atoms with Crippen LogP contribution in [-0.4, -0.2) is 18.4 Å². The minimum Gasteiger partial charge on any atom is -0.466 e. The molecule has 0 aliphatic rings. The summed E-state index contributed by atoms with van der Waals surface area (Å²) in [4.78, 5) is 22.4. The van der Waals surface area contributed by atoms with Gasteiger partial charge in [-0.25, -0.2) is 0 Å². The molecule has 0 aliphatic carbocycles. The molecular formula is C13H20O3. The van der Waals surface area contributed by atoms with Crippen LogP contribution in [0.1, 0.15) is 46.5 Å². The Bertz CT molecular complexity index is 296. The van der Waals surface area contributed by atoms with E-state index in [9.17, 15) is 9.59 Å². The quantitative estimate of drug-likeness (QED) is 0.379. The van der Waals surface area contributed by atoms with Crippen LogP contribution in [0.3, 0.4) is 0 Å². The fourth-order valence-electron chi connectivity index (χ4n) is 1.31. The van der Waals surface area contributed by atoms with E-state index >= 15 is 0 Å². The van der Waals surface area contributed by atoms with Crippen LogP contribution in [0.5, 0.6) is 0 Å². The Kier molecular flexibility index (Phi) is 8.18. The van der Waals surface area contributed by atoms with E-state index < -0.39 is 5.97 Å². The van der Waals surface area contributed by atoms with Gasteiger partial charge in [0.2, 0.25) is 0 Å². The molecule has 3 heteroatoms. The molecular weight excluding hydrogens is 204 g/mol. The van der Waals surface area contributed by atoms with Gasteiger partial charge in [-0.15, -0.1) is 5.73 Å². The Balaban J connectivity index is 3.98. The topological polar surface area (TPSA) is 43.4 Å². The van der Waals surface area contributed by atoms with Gasteiger partial charge in [-0.1, -0.05) is 6.92 Å². The van der Waals surface area contributed by atoms with E-state index in [1.807, 2.05) is 19.9 Å². The molecule has 90 valence electrons. The molecule has 0 amide bonds. The average Bonchev–Trinajstić information content (AvgIpc) is 2.24. The highest BCUT2D eigenvalue weighted by Gasteiger charge is 2.10. The summed E-state index contributed by atoms with van der Waals surface area (Å²) in [6.07, 6.45) is 3.69. The summed E-state index contributed by atoms with van der Waals surface area (Å²) in [7, 11) is 0. The number of esters is 1. The fourth-order valence-corrected chi connectivity index (χ4v) is 1.31. The highest BCUT2D eigenvalue weighted by atomic mass is 16.5. The molecule has 0 aromatic rings. The second kappa shape index (κ2) is 8.93. The Morgan fingerprint density at radius 2 is 1.94 bits per heavy atom. The first-order valence-electron chi connectivity index (χ1n) is 5.70. The summed E-state index contributed by atoms with van der Waals surface area (Å²) >= 11 is 0. The largest absolute Gasteiger partial charge is 0.466 e. The Labute approximate surface area is 97.2 Å². The minimum atomic E-state index is -0.430. The minimum absolute atomic E-state index is 0.0673. The third-order valence-electron chi connectivity index (χ3n) is 2.13. The maximum Gasteiger partial charge on any atom is 0.313 e. The zero-order chi connectivity index (χ0) is 12.4. The Morgan fingerprint density at radius 1 is 1.25 bits per heavy atom. The fraction of sp³-hybridized carbons (Fsp3) is 0.615. The normalized spacial score (nSPS) is 9.19. The summed E-state index contributed by atoms with van der Waals surface area (Å²) in [6.45, 7) is 5.98. The van der Waals surface area contributed by atoms with Crippen LogP contribution in [0.4, 0.5) is 0 Å². The number of ketones is 1. The molecule has 0 aliphatic heterocycles. The van der Waals surface area contributed by atoms with Gasteiger partial charge in [-0.2, -0.15) is 0 Å².